The lowest BCUT2D eigenvalue weighted by Crippen LogP contribution is -2.29. The fourth-order valence-electron chi connectivity index (χ4n) is 4.77. The predicted molar refractivity (Wildman–Crippen MR) is 153 cm³/mol. The van der Waals surface area contributed by atoms with Crippen molar-refractivity contribution < 1.29 is 14.3 Å². The molecule has 4 aromatic rings. The van der Waals surface area contributed by atoms with E-state index >= 15 is 0 Å². The number of carbonyl (C=O) groups is 2. The Morgan fingerprint density at radius 1 is 1.13 bits per heavy atom. The first-order chi connectivity index (χ1) is 18.2. The third kappa shape index (κ3) is 5.26. The fourth-order valence-corrected chi connectivity index (χ4v) is 6.21. The van der Waals surface area contributed by atoms with Crippen LogP contribution in [0.5, 0.6) is 0 Å². The Hall–Kier alpha value is -3.80. The smallest absolute Gasteiger partial charge is 0.339 e. The Morgan fingerprint density at radius 2 is 1.95 bits per heavy atom. The second-order valence-corrected chi connectivity index (χ2v) is 12.3. The maximum atomic E-state index is 13.6. The van der Waals surface area contributed by atoms with Gasteiger partial charge in [-0.25, -0.2) is 9.78 Å². The molecule has 0 spiro atoms. The van der Waals surface area contributed by atoms with Crippen LogP contribution in [0, 0.1) is 22.7 Å². The number of aromatic nitrogens is 1. The van der Waals surface area contributed by atoms with Crippen LogP contribution in [-0.2, 0) is 16.0 Å². The fraction of sp³-hybridized carbons (Fsp3) is 0.267. The molecule has 0 unspecified atom stereocenters. The Labute approximate surface area is 229 Å². The number of anilines is 1. The molecule has 0 aliphatic heterocycles. The molecule has 38 heavy (non-hydrogen) atoms. The lowest BCUT2D eigenvalue weighted by Gasteiger charge is -2.36. The van der Waals surface area contributed by atoms with E-state index in [0.717, 1.165) is 28.1 Å². The number of hydrogen-bond donors (Lipinski definition) is 1. The van der Waals surface area contributed by atoms with Crippen LogP contribution in [0.2, 0.25) is 0 Å². The number of nitrogens with zero attached hydrogens (tertiary/aromatic N) is 2. The minimum absolute atomic E-state index is 0.0120. The Balaban J connectivity index is 1.53. The van der Waals surface area contributed by atoms with Crippen LogP contribution in [0.15, 0.2) is 53.2 Å². The van der Waals surface area contributed by atoms with Gasteiger partial charge in [-0.3, -0.25) is 4.79 Å². The highest BCUT2D eigenvalue weighted by Gasteiger charge is 2.35. The van der Waals surface area contributed by atoms with Gasteiger partial charge in [0, 0.05) is 10.3 Å². The van der Waals surface area contributed by atoms with Crippen molar-refractivity contribution in [1.82, 2.24) is 4.98 Å². The standard InChI is InChI=1S/C30H27N3O3S2/c1-30(2,3)20-13-19(14-21-7-6-11-37-21)27-23(15-20)26(22-8-4-5-9-24(22)32-27)29(35)36-17-25(34)33-28-18(16-31)10-12-38-28/h4-12,14,20H,13,15,17H2,1-3H3,(H,33,34)/b19-14-/t20-/m1/s1. The molecule has 0 saturated heterocycles. The zero-order valence-corrected chi connectivity index (χ0v) is 23.0. The highest BCUT2D eigenvalue weighted by atomic mass is 32.1. The first-order valence-corrected chi connectivity index (χ1v) is 14.1. The van der Waals surface area contributed by atoms with Gasteiger partial charge in [-0.2, -0.15) is 5.26 Å². The molecule has 1 aliphatic rings. The van der Waals surface area contributed by atoms with Gasteiger partial charge in [-0.15, -0.1) is 22.7 Å². The van der Waals surface area contributed by atoms with Crippen molar-refractivity contribution in [2.45, 2.75) is 33.6 Å². The summed E-state index contributed by atoms with van der Waals surface area (Å²) in [6, 6.07) is 15.3. The molecule has 1 aromatic carbocycles. The third-order valence-electron chi connectivity index (χ3n) is 6.88. The van der Waals surface area contributed by atoms with E-state index < -0.39 is 18.5 Å². The lowest BCUT2D eigenvalue weighted by atomic mass is 9.69. The summed E-state index contributed by atoms with van der Waals surface area (Å²) >= 11 is 2.92. The second-order valence-electron chi connectivity index (χ2n) is 10.4. The average Bonchev–Trinajstić information content (AvgIpc) is 3.57. The van der Waals surface area contributed by atoms with E-state index in [1.54, 1.807) is 22.8 Å². The molecule has 6 nitrogen and oxygen atoms in total. The first-order valence-electron chi connectivity index (χ1n) is 12.3. The van der Waals surface area contributed by atoms with Gasteiger partial charge in [0.05, 0.1) is 22.3 Å². The number of nitrogens with one attached hydrogen (secondary N) is 1. The molecule has 8 heteroatoms. The van der Waals surface area contributed by atoms with E-state index in [4.69, 9.17) is 9.72 Å². The van der Waals surface area contributed by atoms with Gasteiger partial charge < -0.3 is 10.1 Å². The van der Waals surface area contributed by atoms with Gasteiger partial charge in [-0.05, 0) is 70.3 Å². The van der Waals surface area contributed by atoms with Crippen LogP contribution in [-0.4, -0.2) is 23.5 Å². The first kappa shape index (κ1) is 25.8. The molecule has 0 saturated carbocycles. The molecule has 0 bridgehead atoms. The molecular formula is C30H27N3O3S2. The Morgan fingerprint density at radius 3 is 2.68 bits per heavy atom. The number of ether oxygens (including phenoxy) is 1. The average molecular weight is 542 g/mol. The molecule has 1 amide bonds. The summed E-state index contributed by atoms with van der Waals surface area (Å²) in [6.07, 6.45) is 3.73. The van der Waals surface area contributed by atoms with E-state index in [1.807, 2.05) is 36.4 Å². The van der Waals surface area contributed by atoms with E-state index in [1.165, 1.54) is 11.3 Å². The summed E-state index contributed by atoms with van der Waals surface area (Å²) in [6.45, 7) is 6.22. The molecule has 0 fully saturated rings. The maximum Gasteiger partial charge on any atom is 0.339 e. The quantitative estimate of drug-likeness (QED) is 0.270. The van der Waals surface area contributed by atoms with Crippen LogP contribution < -0.4 is 5.32 Å². The number of nitriles is 1. The summed E-state index contributed by atoms with van der Waals surface area (Å²) in [4.78, 5) is 32.4. The van der Waals surface area contributed by atoms with Crippen molar-refractivity contribution in [3.05, 3.63) is 80.5 Å². The summed E-state index contributed by atoms with van der Waals surface area (Å²) in [5, 5.41) is 16.8. The van der Waals surface area contributed by atoms with Crippen LogP contribution in [0.3, 0.4) is 0 Å². The lowest BCUT2D eigenvalue weighted by molar-refractivity contribution is -0.119. The number of hydrogen-bond acceptors (Lipinski definition) is 7. The number of esters is 1. The number of fused-ring (bicyclic) bond motifs is 2. The van der Waals surface area contributed by atoms with Crippen LogP contribution in [0.1, 0.15) is 59.2 Å². The molecule has 5 rings (SSSR count). The molecule has 192 valence electrons. The number of rotatable bonds is 5. The summed E-state index contributed by atoms with van der Waals surface area (Å²) in [5.74, 6) is -0.746. The number of benzene rings is 1. The van der Waals surface area contributed by atoms with Crippen molar-refractivity contribution in [2.24, 2.45) is 11.3 Å². The molecule has 0 radical (unpaired) electrons. The number of amides is 1. The zero-order chi connectivity index (χ0) is 26.9. The highest BCUT2D eigenvalue weighted by molar-refractivity contribution is 7.14. The van der Waals surface area contributed by atoms with Gasteiger partial charge >= 0.3 is 5.97 Å². The second kappa shape index (κ2) is 10.5. The Kier molecular flexibility index (Phi) is 7.15. The van der Waals surface area contributed by atoms with E-state index in [2.05, 4.69) is 43.6 Å². The number of thiophene rings is 2. The SMILES string of the molecule is CC(C)(C)[C@@H]1C/C(=C/c2cccs2)c2nc3ccccc3c(C(=O)OCC(=O)Nc3sccc3C#N)c2C1. The Bertz CT molecular complexity index is 1590. The molecule has 3 aromatic heterocycles. The summed E-state index contributed by atoms with van der Waals surface area (Å²) in [5.41, 5.74) is 4.37. The predicted octanol–water partition coefficient (Wildman–Crippen LogP) is 7.17. The normalized spacial score (nSPS) is 16.2. The number of pyridine rings is 1. The number of para-hydroxylation sites is 1. The van der Waals surface area contributed by atoms with Crippen molar-refractivity contribution in [3.63, 3.8) is 0 Å². The number of carbonyl (C=O) groups excluding carboxylic acids is 2. The van der Waals surface area contributed by atoms with Gasteiger partial charge in [0.25, 0.3) is 5.91 Å². The molecule has 1 aliphatic carbocycles. The van der Waals surface area contributed by atoms with Gasteiger partial charge in [0.15, 0.2) is 6.61 Å². The van der Waals surface area contributed by atoms with Crippen LogP contribution >= 0.6 is 22.7 Å². The van der Waals surface area contributed by atoms with Gasteiger partial charge in [0.2, 0.25) is 0 Å². The van der Waals surface area contributed by atoms with Gasteiger partial charge in [-0.1, -0.05) is 45.0 Å². The van der Waals surface area contributed by atoms with E-state index in [-0.39, 0.29) is 5.41 Å². The molecule has 1 atom stereocenters. The maximum absolute atomic E-state index is 13.6. The minimum atomic E-state index is -0.549. The van der Waals surface area contributed by atoms with Gasteiger partial charge in [0.1, 0.15) is 11.1 Å². The summed E-state index contributed by atoms with van der Waals surface area (Å²) < 4.78 is 5.57. The monoisotopic (exact) mass is 541 g/mol. The van der Waals surface area contributed by atoms with Crippen LogP contribution in [0.4, 0.5) is 5.00 Å². The van der Waals surface area contributed by atoms with Crippen LogP contribution in [0.25, 0.3) is 22.6 Å². The third-order valence-corrected chi connectivity index (χ3v) is 8.52. The van der Waals surface area contributed by atoms with Crippen molar-refractivity contribution >= 4 is 62.1 Å². The molecule has 1 N–H and O–H groups in total. The van der Waals surface area contributed by atoms with Crippen molar-refractivity contribution in [2.75, 3.05) is 11.9 Å². The topological polar surface area (TPSA) is 92.1 Å². The summed E-state index contributed by atoms with van der Waals surface area (Å²) in [7, 11) is 0. The van der Waals surface area contributed by atoms with E-state index in [0.29, 0.717) is 39.4 Å². The van der Waals surface area contributed by atoms with Crippen molar-refractivity contribution in [1.29, 1.82) is 5.26 Å². The molecule has 3 heterocycles. The van der Waals surface area contributed by atoms with E-state index in [9.17, 15) is 14.9 Å². The van der Waals surface area contributed by atoms with Crippen molar-refractivity contribution in [3.8, 4) is 6.07 Å². The zero-order valence-electron chi connectivity index (χ0n) is 21.4. The molecular weight excluding hydrogens is 514 g/mol. The minimum Gasteiger partial charge on any atom is -0.452 e. The largest absolute Gasteiger partial charge is 0.452 e. The number of allylic oxidation sites excluding steroid dienone is 1. The highest BCUT2D eigenvalue weighted by Crippen LogP contribution is 2.45.